The maximum Gasteiger partial charge on any atom is 0.360 e. The highest BCUT2D eigenvalue weighted by molar-refractivity contribution is 5.94. The second kappa shape index (κ2) is 6.41. The van der Waals surface area contributed by atoms with Crippen molar-refractivity contribution in [3.05, 3.63) is 33.9 Å². The number of aromatic nitrogens is 1. The van der Waals surface area contributed by atoms with Gasteiger partial charge in [-0.05, 0) is 25.0 Å². The first kappa shape index (κ1) is 17.6. The van der Waals surface area contributed by atoms with Crippen LogP contribution in [0.1, 0.15) is 23.3 Å². The van der Waals surface area contributed by atoms with Crippen molar-refractivity contribution in [1.29, 1.82) is 0 Å². The standard InChI is InChI=1S/C18H20FN3O5/c1-27-22-13-9-14(21-7-6-20-4-2-10(21)3-5-20)12(19)8-11(13)16(23)17(24)15(22)18(25)26/h8-10,24H,2-7H2,1H3,(H,25,26). The van der Waals surface area contributed by atoms with Gasteiger partial charge < -0.3 is 24.9 Å². The number of carboxylic acid groups (broad SMARTS) is 1. The number of carboxylic acids is 1. The summed E-state index contributed by atoms with van der Waals surface area (Å²) in [7, 11) is 1.22. The molecule has 4 heterocycles. The van der Waals surface area contributed by atoms with Crippen LogP contribution < -0.4 is 15.2 Å². The van der Waals surface area contributed by atoms with Crippen LogP contribution in [0.4, 0.5) is 10.1 Å². The molecule has 3 aliphatic rings. The van der Waals surface area contributed by atoms with Crippen LogP contribution in [0.2, 0.25) is 0 Å². The number of anilines is 1. The van der Waals surface area contributed by atoms with Crippen molar-refractivity contribution in [2.75, 3.05) is 38.2 Å². The molecule has 0 aliphatic carbocycles. The van der Waals surface area contributed by atoms with Gasteiger partial charge in [-0.25, -0.2) is 9.18 Å². The van der Waals surface area contributed by atoms with Gasteiger partial charge in [0.25, 0.3) is 0 Å². The maximum atomic E-state index is 14.9. The number of benzene rings is 1. The van der Waals surface area contributed by atoms with E-state index >= 15 is 0 Å². The molecule has 0 unspecified atom stereocenters. The lowest BCUT2D eigenvalue weighted by Crippen LogP contribution is -2.38. The summed E-state index contributed by atoms with van der Waals surface area (Å²) in [5, 5.41) is 19.2. The summed E-state index contributed by atoms with van der Waals surface area (Å²) in [4.78, 5) is 33.3. The van der Waals surface area contributed by atoms with Crippen LogP contribution in [-0.2, 0) is 0 Å². The number of rotatable bonds is 3. The second-order valence-corrected chi connectivity index (χ2v) is 6.90. The number of aromatic hydroxyl groups is 1. The number of aromatic carboxylic acids is 1. The normalized spacial score (nSPS) is 22.1. The van der Waals surface area contributed by atoms with Crippen molar-refractivity contribution in [3.63, 3.8) is 0 Å². The molecule has 2 N–H and O–H groups in total. The fraction of sp³-hybridized carbons (Fsp3) is 0.444. The maximum absolute atomic E-state index is 14.9. The molecule has 3 fully saturated rings. The highest BCUT2D eigenvalue weighted by Crippen LogP contribution is 2.32. The van der Waals surface area contributed by atoms with E-state index in [-0.39, 0.29) is 16.9 Å². The predicted octanol–water partition coefficient (Wildman–Crippen LogP) is 0.887. The monoisotopic (exact) mass is 377 g/mol. The molecule has 1 aromatic heterocycles. The Balaban J connectivity index is 1.96. The first-order valence-corrected chi connectivity index (χ1v) is 8.80. The minimum absolute atomic E-state index is 0.105. The van der Waals surface area contributed by atoms with Gasteiger partial charge in [-0.2, -0.15) is 4.73 Å². The van der Waals surface area contributed by atoms with Crippen LogP contribution in [0.3, 0.4) is 0 Å². The van der Waals surface area contributed by atoms with Gasteiger partial charge in [-0.1, -0.05) is 0 Å². The Morgan fingerprint density at radius 2 is 1.93 bits per heavy atom. The van der Waals surface area contributed by atoms with Gasteiger partial charge in [0.1, 0.15) is 12.9 Å². The number of nitrogens with zero attached hydrogens (tertiary/aromatic N) is 3. The number of halogens is 1. The Morgan fingerprint density at radius 3 is 2.56 bits per heavy atom. The molecule has 5 rings (SSSR count). The van der Waals surface area contributed by atoms with E-state index in [1.54, 1.807) is 0 Å². The zero-order valence-electron chi connectivity index (χ0n) is 14.8. The average molecular weight is 377 g/mol. The molecule has 0 atom stereocenters. The summed E-state index contributed by atoms with van der Waals surface area (Å²) in [5.74, 6) is -3.07. The van der Waals surface area contributed by atoms with Gasteiger partial charge in [-0.3, -0.25) is 4.79 Å². The molecule has 3 aliphatic heterocycles. The van der Waals surface area contributed by atoms with E-state index in [1.165, 1.54) is 13.2 Å². The molecule has 0 amide bonds. The van der Waals surface area contributed by atoms with E-state index in [1.807, 2.05) is 4.90 Å². The molecule has 0 saturated carbocycles. The number of carbonyl (C=O) groups is 1. The number of pyridine rings is 1. The van der Waals surface area contributed by atoms with E-state index in [2.05, 4.69) is 4.90 Å². The largest absolute Gasteiger partial charge is 0.502 e. The van der Waals surface area contributed by atoms with Crippen molar-refractivity contribution in [3.8, 4) is 5.75 Å². The molecule has 2 aromatic rings. The Hall–Kier alpha value is -2.81. The zero-order valence-corrected chi connectivity index (χ0v) is 14.8. The van der Waals surface area contributed by atoms with Crippen LogP contribution in [0.5, 0.6) is 5.75 Å². The third kappa shape index (κ3) is 2.69. The molecule has 27 heavy (non-hydrogen) atoms. The fourth-order valence-electron chi connectivity index (χ4n) is 4.15. The lowest BCUT2D eigenvalue weighted by Gasteiger charge is -2.33. The summed E-state index contributed by atoms with van der Waals surface area (Å²) in [6.07, 6.45) is 1.84. The number of hydrogen-bond donors (Lipinski definition) is 2. The number of piperidine rings is 1. The zero-order chi connectivity index (χ0) is 19.3. The Kier molecular flexibility index (Phi) is 4.18. The van der Waals surface area contributed by atoms with E-state index in [0.29, 0.717) is 12.2 Å². The van der Waals surface area contributed by atoms with Crippen LogP contribution in [0, 0.1) is 5.82 Å². The third-order valence-corrected chi connectivity index (χ3v) is 5.52. The molecule has 0 radical (unpaired) electrons. The molecule has 1 aromatic carbocycles. The molecule has 9 heteroatoms. The van der Waals surface area contributed by atoms with Gasteiger partial charge in [0.2, 0.25) is 11.1 Å². The lowest BCUT2D eigenvalue weighted by molar-refractivity contribution is 0.0635. The molecule has 2 bridgehead atoms. The summed E-state index contributed by atoms with van der Waals surface area (Å²) < 4.78 is 15.8. The van der Waals surface area contributed by atoms with Crippen molar-refractivity contribution in [2.24, 2.45) is 0 Å². The second-order valence-electron chi connectivity index (χ2n) is 6.90. The topological polar surface area (TPSA) is 95.2 Å². The summed E-state index contributed by atoms with van der Waals surface area (Å²) in [6.45, 7) is 3.40. The molecular weight excluding hydrogens is 357 g/mol. The lowest BCUT2D eigenvalue weighted by atomic mass is 10.0. The van der Waals surface area contributed by atoms with Crippen LogP contribution in [-0.4, -0.2) is 65.1 Å². The SMILES string of the molecule is COn1c(C(=O)O)c(O)c(=O)c2cc(F)c(N3CCN4CCC3CC4)cc21. The van der Waals surface area contributed by atoms with E-state index in [4.69, 9.17) is 4.84 Å². The molecule has 144 valence electrons. The predicted molar refractivity (Wildman–Crippen MR) is 96.1 cm³/mol. The first-order valence-electron chi connectivity index (χ1n) is 8.80. The van der Waals surface area contributed by atoms with Crippen LogP contribution in [0.25, 0.3) is 10.9 Å². The van der Waals surface area contributed by atoms with Crippen molar-refractivity contribution in [2.45, 2.75) is 18.9 Å². The third-order valence-electron chi connectivity index (χ3n) is 5.52. The van der Waals surface area contributed by atoms with Gasteiger partial charge >= 0.3 is 5.97 Å². The van der Waals surface area contributed by atoms with E-state index in [9.17, 15) is 24.2 Å². The highest BCUT2D eigenvalue weighted by atomic mass is 19.1. The van der Waals surface area contributed by atoms with Gasteiger partial charge in [0.05, 0.1) is 16.6 Å². The molecular formula is C18H20FN3O5. The fourth-order valence-corrected chi connectivity index (χ4v) is 4.15. The quantitative estimate of drug-likeness (QED) is 0.820. The average Bonchev–Trinajstić information content (AvgIpc) is 2.98. The highest BCUT2D eigenvalue weighted by Gasteiger charge is 2.31. The molecule has 3 saturated heterocycles. The van der Waals surface area contributed by atoms with Crippen molar-refractivity contribution in [1.82, 2.24) is 9.63 Å². The minimum atomic E-state index is -1.51. The van der Waals surface area contributed by atoms with Gasteiger partial charge in [0.15, 0.2) is 5.75 Å². The molecule has 8 nitrogen and oxygen atoms in total. The summed E-state index contributed by atoms with van der Waals surface area (Å²) in [6, 6.07) is 2.68. The Morgan fingerprint density at radius 1 is 1.22 bits per heavy atom. The van der Waals surface area contributed by atoms with Gasteiger partial charge in [0, 0.05) is 32.2 Å². The number of fused-ring (bicyclic) bond motifs is 5. The first-order chi connectivity index (χ1) is 12.9. The van der Waals surface area contributed by atoms with E-state index in [0.717, 1.165) is 43.3 Å². The smallest absolute Gasteiger partial charge is 0.360 e. The van der Waals surface area contributed by atoms with Crippen LogP contribution >= 0.6 is 0 Å². The minimum Gasteiger partial charge on any atom is -0.502 e. The summed E-state index contributed by atoms with van der Waals surface area (Å²) in [5.41, 5.74) is -1.21. The van der Waals surface area contributed by atoms with E-state index < -0.39 is 28.7 Å². The van der Waals surface area contributed by atoms with Gasteiger partial charge in [-0.15, -0.1) is 0 Å². The van der Waals surface area contributed by atoms with Crippen molar-refractivity contribution >= 4 is 22.6 Å². The van der Waals surface area contributed by atoms with Crippen LogP contribution in [0.15, 0.2) is 16.9 Å². The molecule has 0 spiro atoms. The van der Waals surface area contributed by atoms with Crippen molar-refractivity contribution < 1.29 is 24.2 Å². The summed E-state index contributed by atoms with van der Waals surface area (Å²) >= 11 is 0. The Bertz CT molecular complexity index is 981. The number of hydrogen-bond acceptors (Lipinski definition) is 6. The Labute approximate surface area is 153 Å².